The molecule has 0 bridgehead atoms. The first-order valence-corrected chi connectivity index (χ1v) is 11.8. The minimum absolute atomic E-state index is 0.0356. The fourth-order valence-electron chi connectivity index (χ4n) is 4.56. The summed E-state index contributed by atoms with van der Waals surface area (Å²) < 4.78 is 0. The highest BCUT2D eigenvalue weighted by molar-refractivity contribution is 6.37. The number of carbonyl (C=O) groups is 1. The van der Waals surface area contributed by atoms with E-state index in [0.29, 0.717) is 16.6 Å². The maximum Gasteiger partial charge on any atom is 0.243 e. The van der Waals surface area contributed by atoms with Crippen LogP contribution in [0.4, 0.5) is 5.69 Å². The number of benzene rings is 1. The largest absolute Gasteiger partial charge is 0.356 e. The first-order valence-electron chi connectivity index (χ1n) is 11.1. The summed E-state index contributed by atoms with van der Waals surface area (Å²) in [5.41, 5.74) is 6.74. The summed E-state index contributed by atoms with van der Waals surface area (Å²) >= 11 is 13.3. The van der Waals surface area contributed by atoms with Gasteiger partial charge in [0.1, 0.15) is 0 Å². The Kier molecular flexibility index (Phi) is 7.21. The lowest BCUT2D eigenvalue weighted by Crippen LogP contribution is -2.40. The van der Waals surface area contributed by atoms with Crippen molar-refractivity contribution in [3.05, 3.63) is 68.9 Å². The van der Waals surface area contributed by atoms with Crippen molar-refractivity contribution in [1.82, 2.24) is 10.6 Å². The van der Waals surface area contributed by atoms with Crippen LogP contribution in [0, 0.1) is 0 Å². The molecule has 2 aliphatic heterocycles. The molecule has 0 aromatic heterocycles. The van der Waals surface area contributed by atoms with Crippen molar-refractivity contribution in [2.45, 2.75) is 39.0 Å². The summed E-state index contributed by atoms with van der Waals surface area (Å²) in [5, 5.41) is 7.91. The van der Waals surface area contributed by atoms with Gasteiger partial charge in [-0.3, -0.25) is 4.79 Å². The fourth-order valence-corrected chi connectivity index (χ4v) is 5.11. The number of hydrogen-bond donors (Lipinski definition) is 2. The quantitative estimate of drug-likeness (QED) is 0.614. The van der Waals surface area contributed by atoms with Crippen molar-refractivity contribution in [3.8, 4) is 0 Å². The van der Waals surface area contributed by atoms with Crippen molar-refractivity contribution < 1.29 is 4.79 Å². The van der Waals surface area contributed by atoms with Crippen LogP contribution in [0.3, 0.4) is 0 Å². The van der Waals surface area contributed by atoms with Gasteiger partial charge >= 0.3 is 0 Å². The Bertz CT molecular complexity index is 991. The van der Waals surface area contributed by atoms with E-state index in [9.17, 15) is 4.79 Å². The maximum atomic E-state index is 13.0. The molecular formula is C25H29Cl2N3O. The second-order valence-corrected chi connectivity index (χ2v) is 9.04. The Hall–Kier alpha value is -2.01. The predicted octanol–water partition coefficient (Wildman–Crippen LogP) is 5.64. The van der Waals surface area contributed by atoms with Gasteiger partial charge in [0.25, 0.3) is 0 Å². The summed E-state index contributed by atoms with van der Waals surface area (Å²) in [6.07, 6.45) is 13.0. The van der Waals surface area contributed by atoms with Gasteiger partial charge in [-0.05, 0) is 68.1 Å². The number of amides is 1. The molecule has 1 amide bonds. The number of rotatable bonds is 4. The fraction of sp³-hybridized carbons (Fsp3) is 0.400. The molecule has 3 aliphatic rings. The molecule has 1 aromatic rings. The number of nitrogens with one attached hydrogen (secondary N) is 2. The standard InChI is InChI=1S/C25H29Cl2N3O/c1-2-17-5-3-7-19(9-8-17)29-23(31)16-30-15-18-6-4-13-28-14-12-20(18)24-21(26)10-11-22(27)25(24)30/h3,5,7-8,10-11,28H,2,4,6,9,12-16H2,1H3,(H,29,31). The van der Waals surface area contributed by atoms with E-state index >= 15 is 0 Å². The van der Waals surface area contributed by atoms with Crippen LogP contribution in [0.2, 0.25) is 10.0 Å². The van der Waals surface area contributed by atoms with E-state index in [2.05, 4.69) is 34.6 Å². The summed E-state index contributed by atoms with van der Waals surface area (Å²) in [7, 11) is 0. The molecule has 2 N–H and O–H groups in total. The Morgan fingerprint density at radius 3 is 2.87 bits per heavy atom. The van der Waals surface area contributed by atoms with Crippen molar-refractivity contribution in [2.75, 3.05) is 31.1 Å². The van der Waals surface area contributed by atoms with Crippen LogP contribution in [0.1, 0.15) is 44.6 Å². The first-order chi connectivity index (χ1) is 15.1. The van der Waals surface area contributed by atoms with Gasteiger partial charge in [0, 0.05) is 24.2 Å². The molecule has 0 atom stereocenters. The van der Waals surface area contributed by atoms with Crippen LogP contribution < -0.4 is 15.5 Å². The average molecular weight is 458 g/mol. The summed E-state index contributed by atoms with van der Waals surface area (Å²) in [5.74, 6) is -0.0356. The van der Waals surface area contributed by atoms with Crippen molar-refractivity contribution in [3.63, 3.8) is 0 Å². The molecule has 164 valence electrons. The van der Waals surface area contributed by atoms with Gasteiger partial charge in [-0.15, -0.1) is 0 Å². The Labute approximate surface area is 194 Å². The minimum atomic E-state index is -0.0356. The maximum absolute atomic E-state index is 13.0. The third-order valence-electron chi connectivity index (χ3n) is 6.12. The molecule has 4 nitrogen and oxygen atoms in total. The lowest BCUT2D eigenvalue weighted by Gasteiger charge is -2.36. The van der Waals surface area contributed by atoms with Crippen molar-refractivity contribution in [2.24, 2.45) is 0 Å². The normalized spacial score (nSPS) is 18.9. The van der Waals surface area contributed by atoms with E-state index < -0.39 is 0 Å². The first kappa shape index (κ1) is 22.2. The smallest absolute Gasteiger partial charge is 0.243 e. The second kappa shape index (κ2) is 10.1. The molecule has 0 spiro atoms. The number of anilines is 1. The van der Waals surface area contributed by atoms with Gasteiger partial charge in [-0.25, -0.2) is 0 Å². The molecule has 0 saturated carbocycles. The second-order valence-electron chi connectivity index (χ2n) is 8.23. The number of allylic oxidation sites excluding steroid dienone is 5. The number of hydrogen-bond acceptors (Lipinski definition) is 3. The lowest BCUT2D eigenvalue weighted by atomic mass is 9.88. The topological polar surface area (TPSA) is 44.4 Å². The highest BCUT2D eigenvalue weighted by Crippen LogP contribution is 2.45. The minimum Gasteiger partial charge on any atom is -0.356 e. The molecule has 0 unspecified atom stereocenters. The van der Waals surface area contributed by atoms with Crippen LogP contribution in [0.15, 0.2) is 53.3 Å². The molecule has 2 heterocycles. The molecule has 0 radical (unpaired) electrons. The Morgan fingerprint density at radius 1 is 1.19 bits per heavy atom. The molecule has 1 aliphatic carbocycles. The number of halogens is 2. The predicted molar refractivity (Wildman–Crippen MR) is 131 cm³/mol. The molecule has 1 aromatic carbocycles. The summed E-state index contributed by atoms with van der Waals surface area (Å²) in [4.78, 5) is 15.1. The molecule has 0 saturated heterocycles. The average Bonchev–Trinajstić information content (AvgIpc) is 2.96. The van der Waals surface area contributed by atoms with Gasteiger partial charge < -0.3 is 15.5 Å². The summed E-state index contributed by atoms with van der Waals surface area (Å²) in [6.45, 7) is 5.04. The van der Waals surface area contributed by atoms with E-state index in [0.717, 1.165) is 62.1 Å². The Morgan fingerprint density at radius 2 is 2.03 bits per heavy atom. The van der Waals surface area contributed by atoms with E-state index in [1.165, 1.54) is 16.7 Å². The SMILES string of the molecule is CCC1=CCC(NC(=O)CN2CC3=C(CCNCCC3)c3c(Cl)ccc(Cl)c32)=CC=C1. The lowest BCUT2D eigenvalue weighted by molar-refractivity contribution is -0.119. The van der Waals surface area contributed by atoms with Gasteiger partial charge in [0.05, 0.1) is 22.3 Å². The number of carbonyl (C=O) groups excluding carboxylic acids is 1. The van der Waals surface area contributed by atoms with E-state index in [1.807, 2.05) is 24.3 Å². The van der Waals surface area contributed by atoms with Gasteiger partial charge in [-0.1, -0.05) is 53.9 Å². The van der Waals surface area contributed by atoms with Crippen molar-refractivity contribution in [1.29, 1.82) is 0 Å². The third kappa shape index (κ3) is 5.08. The van der Waals surface area contributed by atoms with Crippen LogP contribution in [-0.2, 0) is 4.79 Å². The summed E-state index contributed by atoms with van der Waals surface area (Å²) in [6, 6.07) is 3.69. The van der Waals surface area contributed by atoms with E-state index in [1.54, 1.807) is 0 Å². The van der Waals surface area contributed by atoms with Gasteiger partial charge in [0.15, 0.2) is 0 Å². The van der Waals surface area contributed by atoms with E-state index in [4.69, 9.17) is 23.2 Å². The monoisotopic (exact) mass is 457 g/mol. The Balaban J connectivity index is 1.58. The van der Waals surface area contributed by atoms with Crippen LogP contribution in [0.5, 0.6) is 0 Å². The van der Waals surface area contributed by atoms with E-state index in [-0.39, 0.29) is 12.5 Å². The van der Waals surface area contributed by atoms with Gasteiger partial charge in [-0.2, -0.15) is 0 Å². The molecule has 4 rings (SSSR count). The highest BCUT2D eigenvalue weighted by atomic mass is 35.5. The van der Waals surface area contributed by atoms with Crippen LogP contribution in [-0.4, -0.2) is 32.1 Å². The number of fused-ring (bicyclic) bond motifs is 2. The highest BCUT2D eigenvalue weighted by Gasteiger charge is 2.29. The zero-order chi connectivity index (χ0) is 21.8. The zero-order valence-electron chi connectivity index (χ0n) is 17.9. The third-order valence-corrected chi connectivity index (χ3v) is 6.74. The van der Waals surface area contributed by atoms with Crippen LogP contribution in [0.25, 0.3) is 5.57 Å². The molecule has 0 fully saturated rings. The molecule has 31 heavy (non-hydrogen) atoms. The van der Waals surface area contributed by atoms with Crippen molar-refractivity contribution >= 4 is 40.4 Å². The van der Waals surface area contributed by atoms with Crippen LogP contribution >= 0.6 is 23.2 Å². The zero-order valence-corrected chi connectivity index (χ0v) is 19.5. The van der Waals surface area contributed by atoms with Gasteiger partial charge in [0.2, 0.25) is 5.91 Å². The molecular weight excluding hydrogens is 429 g/mol. The number of nitrogens with zero attached hydrogens (tertiary/aromatic N) is 1. The molecule has 6 heteroatoms.